The maximum atomic E-state index is 9.99. The highest BCUT2D eigenvalue weighted by Crippen LogP contribution is 2.29. The molecule has 31 heteroatoms. The summed E-state index contributed by atoms with van der Waals surface area (Å²) < 4.78 is 109. The zero-order chi connectivity index (χ0) is 70.9. The van der Waals surface area contributed by atoms with Crippen molar-refractivity contribution in [2.75, 3.05) is 0 Å². The molecule has 0 radical (unpaired) electrons. The van der Waals surface area contributed by atoms with Crippen molar-refractivity contribution in [1.29, 1.82) is 0 Å². The van der Waals surface area contributed by atoms with Crippen LogP contribution in [0.5, 0.6) is 0 Å². The quantitative estimate of drug-likeness (QED) is 0.0245. The summed E-state index contributed by atoms with van der Waals surface area (Å²) in [6.45, 7) is 75.5. The van der Waals surface area contributed by atoms with E-state index in [1.165, 1.54) is 0 Å². The fourth-order valence-corrected chi connectivity index (χ4v) is 21.0. The van der Waals surface area contributed by atoms with Gasteiger partial charge in [0.05, 0.1) is 0 Å². The van der Waals surface area contributed by atoms with Gasteiger partial charge in [-0.1, -0.05) is 12.2 Å². The van der Waals surface area contributed by atoms with Gasteiger partial charge in [-0.05, 0) is 256 Å². The maximum Gasteiger partial charge on any atom is 0.677 e. The summed E-state index contributed by atoms with van der Waals surface area (Å²) in [5, 5.41) is 17.9. The van der Waals surface area contributed by atoms with Crippen LogP contribution in [-0.2, 0) is 83.8 Å². The Morgan fingerprint density at radius 1 is 0.244 bits per heavy atom. The van der Waals surface area contributed by atoms with Crippen LogP contribution >= 0.6 is 0 Å². The Morgan fingerprint density at radius 2 is 0.356 bits per heavy atom. The lowest BCUT2D eigenvalue weighted by Crippen LogP contribution is -2.65. The van der Waals surface area contributed by atoms with Gasteiger partial charge in [0.25, 0.3) is 0 Å². The van der Waals surface area contributed by atoms with Crippen molar-refractivity contribution < 1.29 is 88.6 Å². The Morgan fingerprint density at radius 3 is 0.433 bits per heavy atom. The Kier molecular flexibility index (Phi) is 64.4. The summed E-state index contributed by atoms with van der Waals surface area (Å²) in [5.74, 6) is 0. The van der Waals surface area contributed by atoms with Gasteiger partial charge >= 0.3 is 54.0 Å². The van der Waals surface area contributed by atoms with Gasteiger partial charge in [0.15, 0.2) is 0 Å². The second kappa shape index (κ2) is 54.8. The van der Waals surface area contributed by atoms with Crippen molar-refractivity contribution in [3.8, 4) is 0 Å². The molecule has 0 saturated heterocycles. The summed E-state index contributed by atoms with van der Waals surface area (Å²) in [7, 11) is -19.5. The van der Waals surface area contributed by atoms with Crippen LogP contribution in [0, 0.1) is 0 Å². The molecule has 0 aliphatic carbocycles. The molecular formula is C59H147N5O20Si6. The predicted molar refractivity (Wildman–Crippen MR) is 377 cm³/mol. The van der Waals surface area contributed by atoms with E-state index in [4.69, 9.17) is 100.0 Å². The number of hydrogen-bond acceptors (Lipinski definition) is 25. The number of rotatable bonds is 40. The fraction of sp³-hybridized carbons (Fsp3) is 0.932. The smallest absolute Gasteiger partial charge is 0.367 e. The molecule has 0 fully saturated rings. The summed E-state index contributed by atoms with van der Waals surface area (Å²) >= 11 is 0. The lowest BCUT2D eigenvalue weighted by molar-refractivity contribution is -0.108. The molecule has 0 spiro atoms. The molecule has 552 valence electrons. The average Bonchev–Trinajstić information content (AvgIpc) is 3.19. The first-order chi connectivity index (χ1) is 39.6. The zero-order valence-corrected chi connectivity index (χ0v) is 70.0. The van der Waals surface area contributed by atoms with E-state index in [9.17, 15) is 4.80 Å². The topological polar surface area (TPSA) is 344 Å². The molecule has 0 heterocycles. The number of hydrogen-bond donors (Lipinski definition) is 6. The Balaban J connectivity index is -0.000000156. The molecule has 13 N–H and O–H groups in total. The molecule has 0 atom stereocenters. The molecule has 0 aromatic carbocycles. The highest BCUT2D eigenvalue weighted by Gasteiger charge is 2.62. The number of allylic oxidation sites excluding steroid dienone is 2. The molecule has 0 aliphatic rings. The van der Waals surface area contributed by atoms with E-state index in [0.717, 1.165) is 6.42 Å². The maximum absolute atomic E-state index is 9.99. The SMILES string of the molecule is C=CCC=C.CC(C)O[Si](N)(OC(C)C)OC(C)C.CC(C)O[Si](N)(OC(C)C)OC(C)C.CC(C)O[Si](N)(OC(C)C)OC(C)C.CC(C)O[Si](O)(OC(C)C)OC(C)C.CC(C)O[Si](OC(C)C)(OC(C)C)O[Si](OC(C)C)(OC(C)C)OC(C)C.N.N. The lowest BCUT2D eigenvalue weighted by atomic mass is 10.4. The molecule has 0 aromatic heterocycles. The molecule has 0 saturated carbocycles. The highest BCUT2D eigenvalue weighted by molar-refractivity contribution is 6.68. The third-order valence-electron chi connectivity index (χ3n) is 7.62. The van der Waals surface area contributed by atoms with Gasteiger partial charge in [-0.15, -0.1) is 13.2 Å². The molecule has 0 aromatic rings. The Bertz CT molecular complexity index is 1320. The first kappa shape index (κ1) is 106. The molecule has 0 aliphatic heterocycles. The Labute approximate surface area is 559 Å². The molecular weight excluding hydrogens is 1270 g/mol. The van der Waals surface area contributed by atoms with Gasteiger partial charge in [-0.3, -0.25) is 16.2 Å². The van der Waals surface area contributed by atoms with E-state index in [1.807, 2.05) is 261 Å². The van der Waals surface area contributed by atoms with Crippen molar-refractivity contribution in [1.82, 2.24) is 12.3 Å². The van der Waals surface area contributed by atoms with Crippen LogP contribution in [-0.4, -0.2) is 169 Å². The monoisotopic (exact) mass is 1410 g/mol. The fourth-order valence-electron chi connectivity index (χ4n) is 6.50. The third kappa shape index (κ3) is 69.1. The van der Waals surface area contributed by atoms with Gasteiger partial charge in [-0.25, -0.2) is 0 Å². The van der Waals surface area contributed by atoms with Crippen molar-refractivity contribution in [2.45, 2.75) is 366 Å². The van der Waals surface area contributed by atoms with Gasteiger partial charge in [0, 0.05) is 110 Å². The van der Waals surface area contributed by atoms with Crippen molar-refractivity contribution in [2.24, 2.45) is 16.2 Å². The molecule has 25 nitrogen and oxygen atoms in total. The van der Waals surface area contributed by atoms with E-state index in [1.54, 1.807) is 0 Å². The van der Waals surface area contributed by atoms with E-state index >= 15 is 0 Å². The normalized spacial score (nSPS) is 12.8. The molecule has 0 amide bonds. The molecule has 0 unspecified atom stereocenters. The van der Waals surface area contributed by atoms with E-state index < -0.39 is 54.0 Å². The lowest BCUT2D eigenvalue weighted by Gasteiger charge is -2.40. The molecule has 0 rings (SSSR count). The van der Waals surface area contributed by atoms with Crippen LogP contribution in [0.4, 0.5) is 0 Å². The van der Waals surface area contributed by atoms with E-state index in [-0.39, 0.29) is 122 Å². The average molecular weight is 1420 g/mol. The largest absolute Gasteiger partial charge is 0.677 e. The van der Waals surface area contributed by atoms with E-state index in [0.29, 0.717) is 0 Å². The minimum absolute atomic E-state index is 0. The second-order valence-corrected chi connectivity index (χ2v) is 37.0. The van der Waals surface area contributed by atoms with Crippen molar-refractivity contribution in [3.63, 3.8) is 0 Å². The standard InChI is InChI=1S/C18H42O7Si2.3C9H23NO3Si.C9H22O4Si.C5H8.2H3N/c1-13(2)19-26(20-14(3)4,21-15(5)6)25-27(22-16(7)8,23-17(9)10)24-18(11)12;4*1-7(2)11-14(10,12-8(3)4)13-9(5)6;1-3-5-4-2;;/h13-18H,1-12H3;3*7-9H,10H2,1-6H3;7-10H,1-6H3;3-4H,1-2,5H2;2*1H3. The van der Waals surface area contributed by atoms with Crippen LogP contribution in [0.25, 0.3) is 0 Å². The van der Waals surface area contributed by atoms with Crippen LogP contribution < -0.4 is 28.5 Å². The highest BCUT2D eigenvalue weighted by atomic mass is 28.5. The molecule has 90 heavy (non-hydrogen) atoms. The van der Waals surface area contributed by atoms with Crippen molar-refractivity contribution in [3.05, 3.63) is 25.3 Å². The van der Waals surface area contributed by atoms with Gasteiger partial charge in [0.2, 0.25) is 0 Å². The van der Waals surface area contributed by atoms with Crippen LogP contribution in [0.2, 0.25) is 0 Å². The third-order valence-corrected chi connectivity index (χ3v) is 23.7. The van der Waals surface area contributed by atoms with Crippen molar-refractivity contribution >= 4 is 54.0 Å². The minimum Gasteiger partial charge on any atom is -0.367 e. The van der Waals surface area contributed by atoms with Gasteiger partial charge in [0.1, 0.15) is 0 Å². The Hall–Kier alpha value is -0.219. The minimum atomic E-state index is -3.63. The second-order valence-electron chi connectivity index (χ2n) is 25.2. The molecule has 0 bridgehead atoms. The predicted octanol–water partition coefficient (Wildman–Crippen LogP) is 13.2. The summed E-state index contributed by atoms with van der Waals surface area (Å²) in [4.78, 5) is 9.99. The first-order valence-electron chi connectivity index (χ1n) is 31.8. The van der Waals surface area contributed by atoms with Crippen LogP contribution in [0.1, 0.15) is 256 Å². The number of nitrogens with two attached hydrogens (primary N) is 3. The van der Waals surface area contributed by atoms with E-state index in [2.05, 4.69) is 13.2 Å². The van der Waals surface area contributed by atoms with Gasteiger partial charge < -0.3 is 101 Å². The van der Waals surface area contributed by atoms with Crippen LogP contribution in [0.15, 0.2) is 25.3 Å². The zero-order valence-electron chi connectivity index (χ0n) is 64.0. The summed E-state index contributed by atoms with van der Waals surface area (Å²) in [6, 6.07) is 0. The summed E-state index contributed by atoms with van der Waals surface area (Å²) in [5.41, 5.74) is 0. The van der Waals surface area contributed by atoms with Gasteiger partial charge in [-0.2, -0.15) is 0 Å². The first-order valence-corrected chi connectivity index (χ1v) is 42.2. The van der Waals surface area contributed by atoms with Crippen LogP contribution in [0.3, 0.4) is 0 Å². The summed E-state index contributed by atoms with van der Waals surface area (Å²) in [6.07, 6.45) is 3.37.